The molecule has 2 N–H and O–H groups in total. The van der Waals surface area contributed by atoms with Gasteiger partial charge in [0.1, 0.15) is 20.2 Å². The minimum Gasteiger partial charge on any atom is -0.309 e. The number of rotatable bonds is 9. The second kappa shape index (κ2) is 13.2. The summed E-state index contributed by atoms with van der Waals surface area (Å²) in [6.45, 7) is 0. The van der Waals surface area contributed by atoms with Gasteiger partial charge in [0.25, 0.3) is 0 Å². The van der Waals surface area contributed by atoms with E-state index in [-0.39, 0.29) is 72.0 Å². The first-order valence-electron chi connectivity index (χ1n) is 4.06. The van der Waals surface area contributed by atoms with Crippen LogP contribution in [0.3, 0.4) is 0 Å². The van der Waals surface area contributed by atoms with E-state index in [0.29, 0.717) is 11.5 Å². The van der Waals surface area contributed by atoms with Crippen molar-refractivity contribution in [2.24, 2.45) is 0 Å². The van der Waals surface area contributed by atoms with Crippen molar-refractivity contribution in [2.75, 3.05) is 11.5 Å². The van der Waals surface area contributed by atoms with Crippen LogP contribution in [0.1, 0.15) is 12.8 Å². The van der Waals surface area contributed by atoms with E-state index in [1.807, 2.05) is 0 Å². The zero-order valence-electron chi connectivity index (χ0n) is 10.1. The molecule has 0 aliphatic rings. The molecule has 0 fully saturated rings. The van der Waals surface area contributed by atoms with Gasteiger partial charge in [-0.15, -0.1) is 0 Å². The van der Waals surface area contributed by atoms with Crippen LogP contribution in [0.5, 0.6) is 0 Å². The fourth-order valence-corrected chi connectivity index (χ4v) is 3.69. The van der Waals surface area contributed by atoms with Gasteiger partial charge in [0.2, 0.25) is 0 Å². The van der Waals surface area contributed by atoms with E-state index >= 15 is 0 Å². The molecule has 0 aliphatic heterocycles. The minimum absolute atomic E-state index is 0. The van der Waals surface area contributed by atoms with Crippen LogP contribution in [0, 0.1) is 11.5 Å². The van der Waals surface area contributed by atoms with Crippen LogP contribution in [0.2, 0.25) is 0 Å². The Morgan fingerprint density at radius 3 is 1.28 bits per heavy atom. The average Bonchev–Trinajstić information content (AvgIpc) is 2.06. The van der Waals surface area contributed by atoms with Crippen LogP contribution in [0.4, 0.5) is 0 Å². The summed E-state index contributed by atoms with van der Waals surface area (Å²) < 4.78 is 57.7. The summed E-state index contributed by atoms with van der Waals surface area (Å²) in [5, 5.41) is 0. The van der Waals surface area contributed by atoms with E-state index in [9.17, 15) is 16.8 Å². The van der Waals surface area contributed by atoms with E-state index in [1.54, 1.807) is 0 Å². The largest absolute Gasteiger partial charge is 1.00 e. The first-order valence-corrected chi connectivity index (χ1v) is 9.56. The first kappa shape index (κ1) is 25.5. The minimum atomic E-state index is -4.01. The Kier molecular flexibility index (Phi) is 18.7. The van der Waals surface area contributed by atoms with E-state index < -0.39 is 20.2 Å². The van der Waals surface area contributed by atoms with Crippen LogP contribution in [-0.2, 0) is 20.2 Å². The molecule has 0 saturated heterocycles. The number of hydrogen-bond donors (Lipinski definition) is 2. The van der Waals surface area contributed by atoms with Crippen molar-refractivity contribution >= 4 is 41.8 Å². The van der Waals surface area contributed by atoms with Crippen molar-refractivity contribution < 1.29 is 85.1 Å². The molecule has 0 unspecified atom stereocenters. The molecule has 0 aromatic heterocycles. The molecule has 0 heterocycles. The summed E-state index contributed by atoms with van der Waals surface area (Å²) in [6.07, 6.45) is 0.441. The molecule has 6 nitrogen and oxygen atoms in total. The summed E-state index contributed by atoms with van der Waals surface area (Å²) >= 11 is 0. The maximum Gasteiger partial charge on any atom is 1.00 e. The maximum absolute atomic E-state index is 10.3. The third kappa shape index (κ3) is 23.6. The van der Waals surface area contributed by atoms with Crippen LogP contribution in [0.15, 0.2) is 0 Å². The summed E-state index contributed by atoms with van der Waals surface area (Å²) in [5.41, 5.74) is 0. The van der Waals surface area contributed by atoms with Gasteiger partial charge in [-0.3, -0.25) is 0 Å². The van der Waals surface area contributed by atoms with Gasteiger partial charge >= 0.3 is 59.1 Å². The molecular formula is C6H12Na2O6S4. The smallest absolute Gasteiger partial charge is 0.309 e. The Hall–Kier alpha value is 2.52. The van der Waals surface area contributed by atoms with E-state index in [2.05, 4.69) is 0 Å². The molecule has 0 spiro atoms. The molecule has 0 bridgehead atoms. The zero-order chi connectivity index (χ0) is 12.7. The third-order valence-electron chi connectivity index (χ3n) is 1.14. The fraction of sp³-hybridized carbons (Fsp3) is 0.667. The van der Waals surface area contributed by atoms with E-state index in [0.717, 1.165) is 11.5 Å². The quantitative estimate of drug-likeness (QED) is 0.140. The summed E-state index contributed by atoms with van der Waals surface area (Å²) in [6, 6.07) is 0. The van der Waals surface area contributed by atoms with E-state index in [1.165, 1.54) is 21.6 Å². The van der Waals surface area contributed by atoms with Gasteiger partial charge < -0.3 is 9.11 Å². The topological polar surface area (TPSA) is 109 Å². The van der Waals surface area contributed by atoms with Crippen LogP contribution < -0.4 is 59.1 Å². The SMILES string of the molecule is O=S(=O)(O)[CH-]CCSSCC[CH-]S(=O)(=O)O.[Na+].[Na+]. The molecular weight excluding hydrogens is 342 g/mol. The first-order chi connectivity index (χ1) is 7.21. The van der Waals surface area contributed by atoms with Crippen molar-refractivity contribution in [1.82, 2.24) is 0 Å². The van der Waals surface area contributed by atoms with Crippen molar-refractivity contribution in [1.29, 1.82) is 0 Å². The molecule has 0 atom stereocenters. The molecule has 0 aromatic carbocycles. The van der Waals surface area contributed by atoms with Crippen molar-refractivity contribution in [3.63, 3.8) is 0 Å². The monoisotopic (exact) mass is 354 g/mol. The molecule has 0 aliphatic carbocycles. The molecule has 12 heteroatoms. The standard InChI is InChI=1S/C6H12O6S4.2Na/c7-15(8,9)5-1-3-13-14-4-2-6-16(10,11)12;;/h5-6H,1-4H2,(H,7,8,9)(H,10,11,12);;/q-2;2*+1. The van der Waals surface area contributed by atoms with E-state index in [4.69, 9.17) is 9.11 Å². The maximum atomic E-state index is 10.3. The van der Waals surface area contributed by atoms with Gasteiger partial charge in [-0.25, -0.2) is 16.8 Å². The molecule has 0 aromatic rings. The second-order valence-corrected chi connectivity index (χ2v) is 8.01. The second-order valence-electron chi connectivity index (χ2n) is 2.58. The normalized spacial score (nSPS) is 11.4. The van der Waals surface area contributed by atoms with Crippen molar-refractivity contribution in [3.05, 3.63) is 11.5 Å². The Morgan fingerprint density at radius 1 is 0.778 bits per heavy atom. The predicted molar refractivity (Wildman–Crippen MR) is 65.8 cm³/mol. The molecule has 0 amide bonds. The van der Waals surface area contributed by atoms with Gasteiger partial charge in [0.05, 0.1) is 0 Å². The summed E-state index contributed by atoms with van der Waals surface area (Å²) in [7, 11) is -5.30. The summed E-state index contributed by atoms with van der Waals surface area (Å²) in [5.74, 6) is 2.61. The molecule has 0 rings (SSSR count). The molecule has 0 radical (unpaired) electrons. The predicted octanol–water partition coefficient (Wildman–Crippen LogP) is -4.74. The Morgan fingerprint density at radius 2 is 1.06 bits per heavy atom. The Bertz CT molecular complexity index is 343. The van der Waals surface area contributed by atoms with Gasteiger partial charge in [-0.05, 0) is 11.5 Å². The van der Waals surface area contributed by atoms with Crippen molar-refractivity contribution in [3.8, 4) is 0 Å². The Labute approximate surface area is 160 Å². The molecule has 98 valence electrons. The van der Waals surface area contributed by atoms with Gasteiger partial charge in [0, 0.05) is 0 Å². The zero-order valence-corrected chi connectivity index (χ0v) is 17.4. The number of hydrogen-bond acceptors (Lipinski definition) is 6. The van der Waals surface area contributed by atoms with Crippen LogP contribution in [-0.4, -0.2) is 37.4 Å². The van der Waals surface area contributed by atoms with Gasteiger partial charge in [-0.1, -0.05) is 21.6 Å². The third-order valence-corrected chi connectivity index (χ3v) is 4.93. The summed E-state index contributed by atoms with van der Waals surface area (Å²) in [4.78, 5) is 0. The molecule has 18 heavy (non-hydrogen) atoms. The van der Waals surface area contributed by atoms with Crippen LogP contribution >= 0.6 is 21.6 Å². The Balaban J connectivity index is -0.00000112. The van der Waals surface area contributed by atoms with Gasteiger partial charge in [0.15, 0.2) is 0 Å². The van der Waals surface area contributed by atoms with Gasteiger partial charge in [-0.2, -0.15) is 24.3 Å². The molecule has 0 saturated carbocycles. The average molecular weight is 354 g/mol. The van der Waals surface area contributed by atoms with Crippen molar-refractivity contribution in [2.45, 2.75) is 12.8 Å². The van der Waals surface area contributed by atoms with Crippen LogP contribution in [0.25, 0.3) is 0 Å². The fourth-order valence-electron chi connectivity index (χ4n) is 0.608.